The molecular weight excluding hydrogens is 274 g/mol. The maximum atomic E-state index is 12.5. The molecule has 0 aliphatic carbocycles. The fourth-order valence-electron chi connectivity index (χ4n) is 1.92. The second-order valence-corrected chi connectivity index (χ2v) is 5.39. The molecule has 0 unspecified atom stereocenters. The number of anilines is 1. The van der Waals surface area contributed by atoms with E-state index < -0.39 is 0 Å². The van der Waals surface area contributed by atoms with Crippen LogP contribution in [-0.2, 0) is 6.54 Å². The number of para-hydroxylation sites is 1. The van der Waals surface area contributed by atoms with Crippen LogP contribution in [0.5, 0.6) is 5.75 Å². The molecule has 1 aromatic carbocycles. The zero-order valence-corrected chi connectivity index (χ0v) is 12.5. The molecule has 0 aliphatic heterocycles. The topological polar surface area (TPSA) is 68.5 Å². The molecule has 1 aromatic heterocycles. The van der Waals surface area contributed by atoms with Gasteiger partial charge in [-0.1, -0.05) is 6.07 Å². The van der Waals surface area contributed by atoms with Gasteiger partial charge in [0.1, 0.15) is 0 Å². The van der Waals surface area contributed by atoms with E-state index in [0.717, 1.165) is 10.6 Å². The van der Waals surface area contributed by atoms with E-state index in [4.69, 9.17) is 10.5 Å². The first-order valence-corrected chi connectivity index (χ1v) is 6.99. The highest BCUT2D eigenvalue weighted by Crippen LogP contribution is 2.27. The number of aryl methyl sites for hydroxylation is 1. The molecule has 0 aliphatic rings. The van der Waals surface area contributed by atoms with Gasteiger partial charge in [0.2, 0.25) is 0 Å². The number of aromatic nitrogens is 1. The molecule has 2 aromatic rings. The van der Waals surface area contributed by atoms with Crippen molar-refractivity contribution in [3.8, 4) is 5.75 Å². The SMILES string of the molecule is COc1c(N)cccc1C(=O)N(C)Cc1scnc1C. The molecule has 106 valence electrons. The Bertz CT molecular complexity index is 625. The largest absolute Gasteiger partial charge is 0.494 e. The van der Waals surface area contributed by atoms with Gasteiger partial charge < -0.3 is 15.4 Å². The Balaban J connectivity index is 2.23. The van der Waals surface area contributed by atoms with Crippen LogP contribution in [0.25, 0.3) is 0 Å². The van der Waals surface area contributed by atoms with Crippen molar-refractivity contribution in [1.82, 2.24) is 9.88 Å². The van der Waals surface area contributed by atoms with Gasteiger partial charge in [0, 0.05) is 11.9 Å². The Morgan fingerprint density at radius 1 is 1.50 bits per heavy atom. The van der Waals surface area contributed by atoms with Gasteiger partial charge in [-0.15, -0.1) is 11.3 Å². The van der Waals surface area contributed by atoms with Gasteiger partial charge in [-0.25, -0.2) is 4.98 Å². The lowest BCUT2D eigenvalue weighted by molar-refractivity contribution is 0.0783. The van der Waals surface area contributed by atoms with E-state index in [2.05, 4.69) is 4.98 Å². The molecule has 0 bridgehead atoms. The summed E-state index contributed by atoms with van der Waals surface area (Å²) in [5.74, 6) is 0.298. The fourth-order valence-corrected chi connectivity index (χ4v) is 2.75. The number of carbonyl (C=O) groups excluding carboxylic acids is 1. The number of hydrogen-bond donors (Lipinski definition) is 1. The van der Waals surface area contributed by atoms with Crippen molar-refractivity contribution in [3.05, 3.63) is 39.8 Å². The maximum Gasteiger partial charge on any atom is 0.257 e. The number of hydrogen-bond acceptors (Lipinski definition) is 5. The van der Waals surface area contributed by atoms with Crippen molar-refractivity contribution in [2.24, 2.45) is 0 Å². The van der Waals surface area contributed by atoms with E-state index >= 15 is 0 Å². The number of nitrogen functional groups attached to an aromatic ring is 1. The first-order valence-electron chi connectivity index (χ1n) is 6.11. The zero-order valence-electron chi connectivity index (χ0n) is 11.7. The second-order valence-electron chi connectivity index (χ2n) is 4.45. The number of nitrogens with two attached hydrogens (primary N) is 1. The lowest BCUT2D eigenvalue weighted by Gasteiger charge is -2.18. The van der Waals surface area contributed by atoms with Gasteiger partial charge in [0.15, 0.2) is 5.75 Å². The Morgan fingerprint density at radius 3 is 2.85 bits per heavy atom. The first kappa shape index (κ1) is 14.3. The van der Waals surface area contributed by atoms with Gasteiger partial charge >= 0.3 is 0 Å². The highest BCUT2D eigenvalue weighted by atomic mass is 32.1. The van der Waals surface area contributed by atoms with Gasteiger partial charge in [-0.3, -0.25) is 4.79 Å². The molecule has 2 rings (SSSR count). The lowest BCUT2D eigenvalue weighted by atomic mass is 10.1. The third kappa shape index (κ3) is 2.75. The van der Waals surface area contributed by atoms with Gasteiger partial charge in [0.25, 0.3) is 5.91 Å². The van der Waals surface area contributed by atoms with Crippen LogP contribution in [0.15, 0.2) is 23.7 Å². The predicted molar refractivity (Wildman–Crippen MR) is 80.1 cm³/mol. The van der Waals surface area contributed by atoms with Crippen LogP contribution in [-0.4, -0.2) is 29.9 Å². The van der Waals surface area contributed by atoms with E-state index in [1.807, 2.05) is 6.92 Å². The minimum atomic E-state index is -0.123. The first-order chi connectivity index (χ1) is 9.54. The Hall–Kier alpha value is -2.08. The average molecular weight is 291 g/mol. The third-order valence-electron chi connectivity index (χ3n) is 3.05. The minimum Gasteiger partial charge on any atom is -0.494 e. The smallest absolute Gasteiger partial charge is 0.257 e. The van der Waals surface area contributed by atoms with Crippen molar-refractivity contribution < 1.29 is 9.53 Å². The third-order valence-corrected chi connectivity index (χ3v) is 3.97. The molecule has 5 nitrogen and oxygen atoms in total. The van der Waals surface area contributed by atoms with Crippen LogP contribution >= 0.6 is 11.3 Å². The highest BCUT2D eigenvalue weighted by Gasteiger charge is 2.19. The normalized spacial score (nSPS) is 10.3. The molecule has 0 fully saturated rings. The fraction of sp³-hybridized carbons (Fsp3) is 0.286. The molecule has 1 amide bonds. The average Bonchev–Trinajstić information content (AvgIpc) is 2.83. The van der Waals surface area contributed by atoms with E-state index in [1.165, 1.54) is 7.11 Å². The Labute approximate surface area is 122 Å². The van der Waals surface area contributed by atoms with Crippen LogP contribution in [0, 0.1) is 6.92 Å². The van der Waals surface area contributed by atoms with Crippen LogP contribution in [0.4, 0.5) is 5.69 Å². The molecule has 0 radical (unpaired) electrons. The number of rotatable bonds is 4. The molecule has 6 heteroatoms. The Morgan fingerprint density at radius 2 is 2.25 bits per heavy atom. The predicted octanol–water partition coefficient (Wildman–Crippen LogP) is 2.31. The van der Waals surface area contributed by atoms with Crippen molar-refractivity contribution in [2.45, 2.75) is 13.5 Å². The van der Waals surface area contributed by atoms with Crippen molar-refractivity contribution in [1.29, 1.82) is 0 Å². The quantitative estimate of drug-likeness (QED) is 0.878. The number of carbonyl (C=O) groups is 1. The summed E-state index contributed by atoms with van der Waals surface area (Å²) >= 11 is 1.54. The van der Waals surface area contributed by atoms with Crippen molar-refractivity contribution in [3.63, 3.8) is 0 Å². The standard InChI is InChI=1S/C14H17N3O2S/c1-9-12(20-8-16-9)7-17(2)14(18)10-5-4-6-11(15)13(10)19-3/h4-6,8H,7,15H2,1-3H3. The number of thiazole rings is 1. The van der Waals surface area contributed by atoms with Gasteiger partial charge in [-0.2, -0.15) is 0 Å². The number of methoxy groups -OCH3 is 1. The summed E-state index contributed by atoms with van der Waals surface area (Å²) in [7, 11) is 3.26. The molecule has 0 spiro atoms. The van der Waals surface area contributed by atoms with E-state index in [-0.39, 0.29) is 5.91 Å². The molecule has 20 heavy (non-hydrogen) atoms. The van der Waals surface area contributed by atoms with Gasteiger partial charge in [-0.05, 0) is 19.1 Å². The second kappa shape index (κ2) is 5.92. The van der Waals surface area contributed by atoms with Crippen LogP contribution in [0.3, 0.4) is 0 Å². The van der Waals surface area contributed by atoms with Crippen molar-refractivity contribution in [2.75, 3.05) is 19.9 Å². The summed E-state index contributed by atoms with van der Waals surface area (Å²) in [6.45, 7) is 2.46. The summed E-state index contributed by atoms with van der Waals surface area (Å²) in [4.78, 5) is 19.4. The summed E-state index contributed by atoms with van der Waals surface area (Å²) in [5.41, 5.74) is 9.49. The number of amides is 1. The number of nitrogens with zero attached hydrogens (tertiary/aromatic N) is 2. The molecule has 2 N–H and O–H groups in total. The van der Waals surface area contributed by atoms with Crippen LogP contribution < -0.4 is 10.5 Å². The lowest BCUT2D eigenvalue weighted by Crippen LogP contribution is -2.26. The zero-order chi connectivity index (χ0) is 14.7. The summed E-state index contributed by atoms with van der Waals surface area (Å²) in [6.07, 6.45) is 0. The van der Waals surface area contributed by atoms with E-state index in [9.17, 15) is 4.79 Å². The Kier molecular flexibility index (Phi) is 4.24. The highest BCUT2D eigenvalue weighted by molar-refractivity contribution is 7.09. The van der Waals surface area contributed by atoms with Gasteiger partial charge in [0.05, 0.1) is 36.1 Å². The van der Waals surface area contributed by atoms with E-state index in [1.54, 1.807) is 47.0 Å². The van der Waals surface area contributed by atoms with Crippen LogP contribution in [0.2, 0.25) is 0 Å². The summed E-state index contributed by atoms with van der Waals surface area (Å²) in [5, 5.41) is 0. The van der Waals surface area contributed by atoms with Crippen molar-refractivity contribution >= 4 is 22.9 Å². The molecule has 0 saturated heterocycles. The van der Waals surface area contributed by atoms with Crippen LogP contribution in [0.1, 0.15) is 20.9 Å². The molecule has 0 saturated carbocycles. The van der Waals surface area contributed by atoms with E-state index in [0.29, 0.717) is 23.5 Å². The summed E-state index contributed by atoms with van der Waals surface area (Å²) < 4.78 is 5.22. The minimum absolute atomic E-state index is 0.123. The molecule has 0 atom stereocenters. The number of benzene rings is 1. The molecule has 1 heterocycles. The molecular formula is C14H17N3O2S. The monoisotopic (exact) mass is 291 g/mol. The number of ether oxygens (including phenoxy) is 1. The summed E-state index contributed by atoms with van der Waals surface area (Å²) in [6, 6.07) is 5.17. The maximum absolute atomic E-state index is 12.5.